The minimum atomic E-state index is 0.172. The van der Waals surface area contributed by atoms with Crippen LogP contribution in [0.1, 0.15) is 95.9 Å². The van der Waals surface area contributed by atoms with Gasteiger partial charge in [0.05, 0.1) is 5.69 Å². The molecule has 2 amide bonds. The minimum absolute atomic E-state index is 0.172. The number of fused-ring (bicyclic) bond motifs is 2. The third kappa shape index (κ3) is 6.43. The van der Waals surface area contributed by atoms with Crippen LogP contribution in [0.15, 0.2) is 36.4 Å². The van der Waals surface area contributed by atoms with Gasteiger partial charge in [-0.15, -0.1) is 0 Å². The normalized spacial score (nSPS) is 15.9. The summed E-state index contributed by atoms with van der Waals surface area (Å²) in [7, 11) is 2.21. The van der Waals surface area contributed by atoms with Crippen molar-refractivity contribution in [3.8, 4) is 11.3 Å². The Balaban J connectivity index is 0.00000124. The molecule has 6 heteroatoms. The molecule has 5 rings (SSSR count). The number of rotatable bonds is 8. The smallest absolute Gasteiger partial charge is 0.255 e. The summed E-state index contributed by atoms with van der Waals surface area (Å²) in [4.78, 5) is 25.2. The zero-order valence-corrected chi connectivity index (χ0v) is 25.7. The van der Waals surface area contributed by atoms with Crippen molar-refractivity contribution < 1.29 is 9.59 Å². The van der Waals surface area contributed by atoms with E-state index in [-0.39, 0.29) is 18.4 Å². The standard InChI is InChI=1S/C34H45N3O.CH3NO/c1-6-8-14-29-24(4)36(5)33(30(29)15-9-7-2)31-19-26-16-17-35-21-28(26)20-32(31)34(38)37-22-27-13-11-10-12-25(27)18-23(37)3;2-1-3/h10-13,19-20,23,35H,6-9,14-18,21-22H2,1-5H3;1H,(H2,2,3)/t23-;/m1./s1. The fraction of sp³-hybridized carbons (Fsp3) is 0.486. The fourth-order valence-corrected chi connectivity index (χ4v) is 6.60. The SMILES string of the molecule is CCCCc1c(CCCC)c(-c2cc3c(cc2C(=O)N2Cc4ccccc4C[C@H]2C)CNCC3)n(C)c1C.NC=O. The van der Waals surface area contributed by atoms with Gasteiger partial charge in [-0.3, -0.25) is 9.59 Å². The number of nitrogens with zero attached hydrogens (tertiary/aromatic N) is 2. The van der Waals surface area contributed by atoms with Gasteiger partial charge in [0, 0.05) is 43.0 Å². The molecule has 0 fully saturated rings. The molecule has 1 aromatic heterocycles. The molecule has 0 aliphatic carbocycles. The lowest BCUT2D eigenvalue weighted by molar-refractivity contribution is -0.106. The molecule has 3 aromatic rings. The zero-order valence-electron chi connectivity index (χ0n) is 25.7. The summed E-state index contributed by atoms with van der Waals surface area (Å²) >= 11 is 0. The van der Waals surface area contributed by atoms with Gasteiger partial charge in [-0.05, 0) is 104 Å². The molecule has 0 radical (unpaired) electrons. The van der Waals surface area contributed by atoms with E-state index in [4.69, 9.17) is 4.79 Å². The van der Waals surface area contributed by atoms with Gasteiger partial charge in [0.25, 0.3) is 5.91 Å². The molecule has 220 valence electrons. The zero-order chi connectivity index (χ0) is 29.5. The Kier molecular flexibility index (Phi) is 10.4. The maximum Gasteiger partial charge on any atom is 0.255 e. The summed E-state index contributed by atoms with van der Waals surface area (Å²) in [5, 5.41) is 3.52. The first-order valence-corrected chi connectivity index (χ1v) is 15.4. The Morgan fingerprint density at radius 3 is 2.37 bits per heavy atom. The van der Waals surface area contributed by atoms with Gasteiger partial charge in [0.1, 0.15) is 0 Å². The van der Waals surface area contributed by atoms with Crippen LogP contribution in [0.3, 0.4) is 0 Å². The van der Waals surface area contributed by atoms with Crippen molar-refractivity contribution in [2.75, 3.05) is 6.54 Å². The van der Waals surface area contributed by atoms with E-state index in [0.717, 1.165) is 49.9 Å². The quantitative estimate of drug-likeness (QED) is 0.333. The van der Waals surface area contributed by atoms with Crippen LogP contribution in [0.25, 0.3) is 11.3 Å². The number of hydrogen-bond acceptors (Lipinski definition) is 3. The number of primary amides is 1. The Morgan fingerprint density at radius 1 is 1.02 bits per heavy atom. The predicted molar refractivity (Wildman–Crippen MR) is 168 cm³/mol. The van der Waals surface area contributed by atoms with Crippen LogP contribution in [-0.2, 0) is 50.6 Å². The lowest BCUT2D eigenvalue weighted by Gasteiger charge is -2.36. The second-order valence-corrected chi connectivity index (χ2v) is 11.6. The number of benzene rings is 2. The number of carbonyl (C=O) groups excluding carboxylic acids is 2. The van der Waals surface area contributed by atoms with Crippen LogP contribution in [0.2, 0.25) is 0 Å². The second-order valence-electron chi connectivity index (χ2n) is 11.6. The molecule has 0 saturated heterocycles. The second kappa shape index (κ2) is 14.0. The van der Waals surface area contributed by atoms with E-state index >= 15 is 0 Å². The lowest BCUT2D eigenvalue weighted by atomic mass is 9.88. The van der Waals surface area contributed by atoms with Crippen LogP contribution in [0.4, 0.5) is 0 Å². The van der Waals surface area contributed by atoms with Gasteiger partial charge in [-0.25, -0.2) is 0 Å². The first-order chi connectivity index (χ1) is 19.9. The molecular weight excluding hydrogens is 508 g/mol. The summed E-state index contributed by atoms with van der Waals surface area (Å²) in [6, 6.07) is 13.4. The summed E-state index contributed by atoms with van der Waals surface area (Å²) in [6.45, 7) is 11.5. The topological polar surface area (TPSA) is 80.4 Å². The molecular formula is C35H48N4O2. The molecule has 2 aliphatic heterocycles. The third-order valence-electron chi connectivity index (χ3n) is 8.97. The van der Waals surface area contributed by atoms with Crippen LogP contribution in [0.5, 0.6) is 0 Å². The van der Waals surface area contributed by atoms with E-state index in [1.54, 1.807) is 0 Å². The molecule has 41 heavy (non-hydrogen) atoms. The summed E-state index contributed by atoms with van der Waals surface area (Å²) in [5.41, 5.74) is 17.1. The molecule has 2 aliphatic rings. The van der Waals surface area contributed by atoms with E-state index in [9.17, 15) is 4.79 Å². The van der Waals surface area contributed by atoms with Crippen molar-refractivity contribution in [2.24, 2.45) is 12.8 Å². The summed E-state index contributed by atoms with van der Waals surface area (Å²) in [5.74, 6) is 0.172. The summed E-state index contributed by atoms with van der Waals surface area (Å²) < 4.78 is 2.39. The fourth-order valence-electron chi connectivity index (χ4n) is 6.60. The van der Waals surface area contributed by atoms with E-state index in [1.807, 2.05) is 0 Å². The molecule has 3 N–H and O–H groups in total. The van der Waals surface area contributed by atoms with Gasteiger partial charge in [0.15, 0.2) is 0 Å². The highest BCUT2D eigenvalue weighted by molar-refractivity contribution is 6.02. The molecule has 6 nitrogen and oxygen atoms in total. The molecule has 0 spiro atoms. The minimum Gasteiger partial charge on any atom is -0.372 e. The van der Waals surface area contributed by atoms with E-state index in [2.05, 4.69) is 91.7 Å². The van der Waals surface area contributed by atoms with Crippen molar-refractivity contribution in [3.05, 3.63) is 81.0 Å². The monoisotopic (exact) mass is 556 g/mol. The van der Waals surface area contributed by atoms with Crippen LogP contribution >= 0.6 is 0 Å². The van der Waals surface area contributed by atoms with Crippen LogP contribution < -0.4 is 11.1 Å². The Hall–Kier alpha value is -3.38. The van der Waals surface area contributed by atoms with Gasteiger partial charge >= 0.3 is 0 Å². The van der Waals surface area contributed by atoms with Crippen molar-refractivity contribution in [3.63, 3.8) is 0 Å². The van der Waals surface area contributed by atoms with Gasteiger partial charge in [-0.1, -0.05) is 51.0 Å². The molecule has 0 bridgehead atoms. The van der Waals surface area contributed by atoms with E-state index in [1.165, 1.54) is 70.5 Å². The van der Waals surface area contributed by atoms with Crippen molar-refractivity contribution in [1.29, 1.82) is 0 Å². The number of nitrogens with one attached hydrogen (secondary N) is 1. The number of unbranched alkanes of at least 4 members (excludes halogenated alkanes) is 2. The van der Waals surface area contributed by atoms with E-state index in [0.29, 0.717) is 6.54 Å². The molecule has 1 atom stereocenters. The highest BCUT2D eigenvalue weighted by Crippen LogP contribution is 2.38. The number of nitrogens with two attached hydrogens (primary N) is 1. The molecule has 0 saturated carbocycles. The summed E-state index contributed by atoms with van der Waals surface area (Å²) in [6.07, 6.45) is 9.12. The maximum absolute atomic E-state index is 14.5. The number of carbonyl (C=O) groups is 2. The molecule has 3 heterocycles. The van der Waals surface area contributed by atoms with Crippen molar-refractivity contribution >= 4 is 12.3 Å². The van der Waals surface area contributed by atoms with Crippen molar-refractivity contribution in [1.82, 2.24) is 14.8 Å². The predicted octanol–water partition coefficient (Wildman–Crippen LogP) is 6.02. The van der Waals surface area contributed by atoms with Gasteiger partial charge in [0.2, 0.25) is 6.41 Å². The first-order valence-electron chi connectivity index (χ1n) is 15.4. The van der Waals surface area contributed by atoms with Gasteiger partial charge in [-0.2, -0.15) is 0 Å². The number of hydrogen-bond donors (Lipinski definition) is 2. The number of aromatic nitrogens is 1. The Morgan fingerprint density at radius 2 is 1.68 bits per heavy atom. The molecule has 2 aromatic carbocycles. The average Bonchev–Trinajstić information content (AvgIpc) is 3.21. The highest BCUT2D eigenvalue weighted by atomic mass is 16.2. The molecule has 0 unspecified atom stereocenters. The Bertz CT molecular complexity index is 1370. The first kappa shape index (κ1) is 30.6. The lowest BCUT2D eigenvalue weighted by Crippen LogP contribution is -2.43. The third-order valence-corrected chi connectivity index (χ3v) is 8.97. The largest absolute Gasteiger partial charge is 0.372 e. The average molecular weight is 557 g/mol. The van der Waals surface area contributed by atoms with Gasteiger partial charge < -0.3 is 20.5 Å². The number of amides is 2. The van der Waals surface area contributed by atoms with Crippen LogP contribution in [0, 0.1) is 6.92 Å². The van der Waals surface area contributed by atoms with Crippen LogP contribution in [-0.4, -0.2) is 34.4 Å². The maximum atomic E-state index is 14.5. The highest BCUT2D eigenvalue weighted by Gasteiger charge is 2.31. The van der Waals surface area contributed by atoms with E-state index < -0.39 is 0 Å². The Labute approximate surface area is 246 Å². The van der Waals surface area contributed by atoms with Crippen molar-refractivity contribution in [2.45, 2.75) is 98.2 Å².